The smallest absolute Gasteiger partial charge is 0.290 e. The van der Waals surface area contributed by atoms with Gasteiger partial charge in [-0.25, -0.2) is 13.1 Å². The minimum atomic E-state index is -3.95. The second kappa shape index (κ2) is 7.01. The van der Waals surface area contributed by atoms with E-state index in [4.69, 9.17) is 5.73 Å². The Morgan fingerprint density at radius 3 is 2.62 bits per heavy atom. The topological polar surface area (TPSA) is 115 Å². The molecular formula is C11H15BrClN3O4S. The van der Waals surface area contributed by atoms with E-state index in [-0.39, 0.29) is 29.9 Å². The molecule has 0 heterocycles. The van der Waals surface area contributed by atoms with Gasteiger partial charge in [0.05, 0.1) is 4.92 Å². The van der Waals surface area contributed by atoms with E-state index in [1.165, 1.54) is 12.1 Å². The molecule has 3 N–H and O–H groups in total. The molecule has 1 aliphatic carbocycles. The third-order valence-electron chi connectivity index (χ3n) is 3.14. The van der Waals surface area contributed by atoms with Crippen molar-refractivity contribution >= 4 is 44.0 Å². The van der Waals surface area contributed by atoms with Crippen molar-refractivity contribution in [2.45, 2.75) is 23.8 Å². The summed E-state index contributed by atoms with van der Waals surface area (Å²) in [5.41, 5.74) is 5.35. The van der Waals surface area contributed by atoms with E-state index in [0.29, 0.717) is 10.4 Å². The number of sulfonamides is 1. The summed E-state index contributed by atoms with van der Waals surface area (Å²) in [5.74, 6) is 0.345. The Balaban J connectivity index is 0.00000220. The van der Waals surface area contributed by atoms with Gasteiger partial charge in [0.15, 0.2) is 4.90 Å². The number of nitrogens with one attached hydrogen (secondary N) is 1. The Morgan fingerprint density at radius 1 is 1.48 bits per heavy atom. The highest BCUT2D eigenvalue weighted by Gasteiger charge is 2.31. The SMILES string of the molecule is Cl.NC(CNS(=O)(=O)c1ccc(Br)cc1[N+](=O)[O-])C1CC1. The van der Waals surface area contributed by atoms with E-state index >= 15 is 0 Å². The number of rotatable bonds is 6. The van der Waals surface area contributed by atoms with Gasteiger partial charge in [0.25, 0.3) is 5.69 Å². The van der Waals surface area contributed by atoms with Crippen LogP contribution in [0.15, 0.2) is 27.6 Å². The molecule has 118 valence electrons. The summed E-state index contributed by atoms with van der Waals surface area (Å²) in [6.45, 7) is 0.0835. The van der Waals surface area contributed by atoms with E-state index in [2.05, 4.69) is 20.7 Å². The summed E-state index contributed by atoms with van der Waals surface area (Å²) in [4.78, 5) is 9.87. The quantitative estimate of drug-likeness (QED) is 0.558. The predicted molar refractivity (Wildman–Crippen MR) is 83.9 cm³/mol. The zero-order valence-corrected chi connectivity index (χ0v) is 14.1. The molecule has 0 aliphatic heterocycles. The molecule has 1 fully saturated rings. The van der Waals surface area contributed by atoms with Crippen LogP contribution in [0.3, 0.4) is 0 Å². The van der Waals surface area contributed by atoms with Crippen molar-refractivity contribution in [3.8, 4) is 0 Å². The maximum Gasteiger partial charge on any atom is 0.290 e. The van der Waals surface area contributed by atoms with Crippen LogP contribution in [0.1, 0.15) is 12.8 Å². The van der Waals surface area contributed by atoms with Crippen LogP contribution in [0.4, 0.5) is 5.69 Å². The van der Waals surface area contributed by atoms with Gasteiger partial charge >= 0.3 is 0 Å². The molecule has 0 saturated heterocycles. The number of benzene rings is 1. The minimum absolute atomic E-state index is 0. The van der Waals surface area contributed by atoms with Crippen LogP contribution < -0.4 is 10.5 Å². The maximum atomic E-state index is 12.1. The molecule has 1 aromatic carbocycles. The standard InChI is InChI=1S/C11H14BrN3O4S.ClH/c12-8-3-4-11(10(5-8)15(16)17)20(18,19)14-6-9(13)7-1-2-7;/h3-5,7,9,14H,1-2,6,13H2;1H. The van der Waals surface area contributed by atoms with Crippen molar-refractivity contribution in [3.05, 3.63) is 32.8 Å². The first-order valence-electron chi connectivity index (χ1n) is 6.00. The number of nitrogens with zero attached hydrogens (tertiary/aromatic N) is 1. The first-order valence-corrected chi connectivity index (χ1v) is 8.28. The molecule has 0 spiro atoms. The zero-order valence-electron chi connectivity index (χ0n) is 10.9. The fraction of sp³-hybridized carbons (Fsp3) is 0.455. The highest BCUT2D eigenvalue weighted by Crippen LogP contribution is 2.31. The van der Waals surface area contributed by atoms with Gasteiger partial charge in [0, 0.05) is 23.1 Å². The van der Waals surface area contributed by atoms with Crippen LogP contribution in [0.5, 0.6) is 0 Å². The van der Waals surface area contributed by atoms with Crippen LogP contribution in [0.2, 0.25) is 0 Å². The number of halogens is 2. The van der Waals surface area contributed by atoms with Gasteiger partial charge in [-0.1, -0.05) is 15.9 Å². The van der Waals surface area contributed by atoms with Crippen molar-refractivity contribution in [2.75, 3.05) is 6.54 Å². The second-order valence-corrected chi connectivity index (χ2v) is 7.37. The minimum Gasteiger partial charge on any atom is -0.326 e. The summed E-state index contributed by atoms with van der Waals surface area (Å²) in [5, 5.41) is 10.9. The van der Waals surface area contributed by atoms with Gasteiger partial charge in [-0.2, -0.15) is 0 Å². The molecule has 1 aliphatic rings. The van der Waals surface area contributed by atoms with Gasteiger partial charge in [0.1, 0.15) is 0 Å². The van der Waals surface area contributed by atoms with Crippen LogP contribution in [-0.4, -0.2) is 25.9 Å². The summed E-state index contributed by atoms with van der Waals surface area (Å²) in [6.07, 6.45) is 2.00. The Hall–Kier alpha value is -0.740. The summed E-state index contributed by atoms with van der Waals surface area (Å²) in [6, 6.07) is 3.56. The molecule has 2 rings (SSSR count). The summed E-state index contributed by atoms with van der Waals surface area (Å²) >= 11 is 3.08. The lowest BCUT2D eigenvalue weighted by atomic mass is 10.2. The third-order valence-corrected chi connectivity index (χ3v) is 5.11. The lowest BCUT2D eigenvalue weighted by Gasteiger charge is -2.12. The van der Waals surface area contributed by atoms with Crippen molar-refractivity contribution in [2.24, 2.45) is 11.7 Å². The monoisotopic (exact) mass is 399 g/mol. The third kappa shape index (κ3) is 4.62. The molecule has 0 aromatic heterocycles. The molecule has 0 bridgehead atoms. The van der Waals surface area contributed by atoms with Crippen molar-refractivity contribution < 1.29 is 13.3 Å². The Bertz CT molecular complexity index is 636. The molecular weight excluding hydrogens is 386 g/mol. The first-order chi connectivity index (χ1) is 9.31. The second-order valence-electron chi connectivity index (χ2n) is 4.72. The lowest BCUT2D eigenvalue weighted by molar-refractivity contribution is -0.387. The molecule has 0 radical (unpaired) electrons. The van der Waals surface area contributed by atoms with Gasteiger partial charge in [0.2, 0.25) is 10.0 Å². The molecule has 0 amide bonds. The number of hydrogen-bond donors (Lipinski definition) is 2. The van der Waals surface area contributed by atoms with E-state index < -0.39 is 20.6 Å². The largest absolute Gasteiger partial charge is 0.326 e. The lowest BCUT2D eigenvalue weighted by Crippen LogP contribution is -2.38. The highest BCUT2D eigenvalue weighted by molar-refractivity contribution is 9.10. The van der Waals surface area contributed by atoms with Crippen molar-refractivity contribution in [3.63, 3.8) is 0 Å². The van der Waals surface area contributed by atoms with Crippen LogP contribution in [-0.2, 0) is 10.0 Å². The Labute approximate surface area is 137 Å². The van der Waals surface area contributed by atoms with Crippen molar-refractivity contribution in [1.82, 2.24) is 4.72 Å². The number of nitro benzene ring substituents is 1. The van der Waals surface area contributed by atoms with Crippen molar-refractivity contribution in [1.29, 1.82) is 0 Å². The van der Waals surface area contributed by atoms with Gasteiger partial charge in [-0.15, -0.1) is 12.4 Å². The normalized spacial score (nSPS) is 16.1. The van der Waals surface area contributed by atoms with E-state index in [1.807, 2.05) is 0 Å². The van der Waals surface area contributed by atoms with Gasteiger partial charge < -0.3 is 5.73 Å². The summed E-state index contributed by atoms with van der Waals surface area (Å²) < 4.78 is 27.0. The molecule has 1 saturated carbocycles. The number of nitro groups is 1. The molecule has 1 atom stereocenters. The van der Waals surface area contributed by atoms with Crippen LogP contribution in [0, 0.1) is 16.0 Å². The maximum absolute atomic E-state index is 12.1. The molecule has 10 heteroatoms. The highest BCUT2D eigenvalue weighted by atomic mass is 79.9. The van der Waals surface area contributed by atoms with Crippen LogP contribution >= 0.6 is 28.3 Å². The average Bonchev–Trinajstić information content (AvgIpc) is 3.19. The zero-order chi connectivity index (χ0) is 14.9. The van der Waals surface area contributed by atoms with Gasteiger partial charge in [-0.05, 0) is 30.9 Å². The first kappa shape index (κ1) is 18.3. The predicted octanol–water partition coefficient (Wildman–Crippen LogP) is 1.79. The molecule has 1 aromatic rings. The number of hydrogen-bond acceptors (Lipinski definition) is 5. The van der Waals surface area contributed by atoms with Crippen LogP contribution in [0.25, 0.3) is 0 Å². The number of nitrogens with two attached hydrogens (primary N) is 1. The molecule has 7 nitrogen and oxygen atoms in total. The van der Waals surface area contributed by atoms with E-state index in [9.17, 15) is 18.5 Å². The summed E-state index contributed by atoms with van der Waals surface area (Å²) in [7, 11) is -3.95. The molecule has 21 heavy (non-hydrogen) atoms. The molecule has 1 unspecified atom stereocenters. The van der Waals surface area contributed by atoms with E-state index in [1.54, 1.807) is 0 Å². The van der Waals surface area contributed by atoms with Gasteiger partial charge in [-0.3, -0.25) is 10.1 Å². The Morgan fingerprint density at radius 2 is 2.10 bits per heavy atom. The average molecular weight is 401 g/mol. The Kier molecular flexibility index (Phi) is 6.11. The fourth-order valence-corrected chi connectivity index (χ4v) is 3.41. The fourth-order valence-electron chi connectivity index (χ4n) is 1.84. The van der Waals surface area contributed by atoms with E-state index in [0.717, 1.165) is 18.9 Å².